The van der Waals surface area contributed by atoms with Crippen molar-refractivity contribution >= 4 is 9.84 Å². The molecule has 1 aliphatic heterocycles. The summed E-state index contributed by atoms with van der Waals surface area (Å²) in [6.07, 6.45) is 1.71. The Labute approximate surface area is 121 Å². The lowest BCUT2D eigenvalue weighted by molar-refractivity contribution is 0.200. The molecule has 1 aliphatic rings. The first-order valence-corrected chi connectivity index (χ1v) is 8.92. The van der Waals surface area contributed by atoms with E-state index in [1.165, 1.54) is 0 Å². The molecule has 0 bridgehead atoms. The molecular weight excluding hydrogens is 276 g/mol. The first kappa shape index (κ1) is 15.5. The lowest BCUT2D eigenvalue weighted by atomic mass is 10.2. The van der Waals surface area contributed by atoms with Crippen molar-refractivity contribution in [3.8, 4) is 0 Å². The van der Waals surface area contributed by atoms with Crippen molar-refractivity contribution in [1.82, 2.24) is 10.2 Å². The molecular formula is C14H24N2O3S. The molecule has 5 nitrogen and oxygen atoms in total. The number of sulfone groups is 1. The number of hydrogen-bond acceptors (Lipinski definition) is 5. The van der Waals surface area contributed by atoms with Gasteiger partial charge in [0.1, 0.15) is 5.76 Å². The zero-order valence-corrected chi connectivity index (χ0v) is 13.2. The number of nitrogens with zero attached hydrogens (tertiary/aromatic N) is 1. The maximum atomic E-state index is 11.6. The van der Waals surface area contributed by atoms with Gasteiger partial charge in [-0.2, -0.15) is 0 Å². The fraction of sp³-hybridized carbons (Fsp3) is 0.714. The van der Waals surface area contributed by atoms with Crippen LogP contribution in [0.25, 0.3) is 0 Å². The van der Waals surface area contributed by atoms with Gasteiger partial charge >= 0.3 is 0 Å². The van der Waals surface area contributed by atoms with Crippen LogP contribution >= 0.6 is 0 Å². The van der Waals surface area contributed by atoms with Crippen LogP contribution in [-0.4, -0.2) is 43.5 Å². The van der Waals surface area contributed by atoms with E-state index in [-0.39, 0.29) is 17.5 Å². The molecule has 0 aliphatic carbocycles. The van der Waals surface area contributed by atoms with E-state index in [4.69, 9.17) is 4.42 Å². The molecule has 1 aromatic rings. The van der Waals surface area contributed by atoms with Gasteiger partial charge in [0.15, 0.2) is 9.84 Å². The summed E-state index contributed by atoms with van der Waals surface area (Å²) in [6, 6.07) is 2.46. The van der Waals surface area contributed by atoms with Crippen LogP contribution in [0.2, 0.25) is 0 Å². The molecule has 1 N–H and O–H groups in total. The molecule has 2 heterocycles. The summed E-state index contributed by atoms with van der Waals surface area (Å²) >= 11 is 0. The van der Waals surface area contributed by atoms with Gasteiger partial charge in [-0.15, -0.1) is 0 Å². The highest BCUT2D eigenvalue weighted by Gasteiger charge is 2.28. The van der Waals surface area contributed by atoms with Crippen molar-refractivity contribution in [2.75, 3.05) is 18.1 Å². The minimum absolute atomic E-state index is 0.0461. The zero-order chi connectivity index (χ0) is 14.8. The maximum Gasteiger partial charge on any atom is 0.153 e. The molecule has 1 saturated heterocycles. The average molecular weight is 300 g/mol. The van der Waals surface area contributed by atoms with Crippen LogP contribution < -0.4 is 5.32 Å². The molecule has 0 spiro atoms. The molecule has 1 atom stereocenters. The van der Waals surface area contributed by atoms with E-state index in [1.54, 1.807) is 6.26 Å². The highest BCUT2D eigenvalue weighted by Crippen LogP contribution is 2.18. The third-order valence-corrected chi connectivity index (χ3v) is 5.49. The summed E-state index contributed by atoms with van der Waals surface area (Å²) in [7, 11) is -2.86. The molecule has 1 fully saturated rings. The topological polar surface area (TPSA) is 62.6 Å². The summed E-state index contributed by atoms with van der Waals surface area (Å²) in [5, 5.41) is 3.38. The normalized spacial score (nSPS) is 23.3. The monoisotopic (exact) mass is 300 g/mol. The van der Waals surface area contributed by atoms with Gasteiger partial charge in [-0.3, -0.25) is 4.90 Å². The Hall–Kier alpha value is -0.850. The standard InChI is InChI=1S/C14H24N2O3S/c1-11(2)15-8-13-4-6-19-14(13)9-16-5-7-20(17,18)10-12(16)3/h4,6,11-12,15H,5,7-10H2,1-3H3. The number of hydrogen-bond donors (Lipinski definition) is 1. The third-order valence-electron chi connectivity index (χ3n) is 3.69. The lowest BCUT2D eigenvalue weighted by Gasteiger charge is -2.32. The molecule has 0 saturated carbocycles. The molecule has 0 aromatic carbocycles. The second-order valence-electron chi connectivity index (χ2n) is 5.84. The highest BCUT2D eigenvalue weighted by atomic mass is 32.2. The van der Waals surface area contributed by atoms with Crippen LogP contribution in [0.1, 0.15) is 32.1 Å². The molecule has 20 heavy (non-hydrogen) atoms. The predicted molar refractivity (Wildman–Crippen MR) is 79.2 cm³/mol. The first-order chi connectivity index (χ1) is 9.37. The number of nitrogens with one attached hydrogen (secondary N) is 1. The van der Waals surface area contributed by atoms with E-state index >= 15 is 0 Å². The lowest BCUT2D eigenvalue weighted by Crippen LogP contribution is -2.46. The maximum absolute atomic E-state index is 11.6. The van der Waals surface area contributed by atoms with Gasteiger partial charge in [-0.05, 0) is 13.0 Å². The average Bonchev–Trinajstić information content (AvgIpc) is 2.77. The van der Waals surface area contributed by atoms with Gasteiger partial charge in [0.2, 0.25) is 0 Å². The second-order valence-corrected chi connectivity index (χ2v) is 8.07. The Balaban J connectivity index is 1.98. The van der Waals surface area contributed by atoms with E-state index in [0.29, 0.717) is 19.1 Å². The Bertz CT molecular complexity index is 536. The third kappa shape index (κ3) is 4.07. The molecule has 1 aromatic heterocycles. The Morgan fingerprint density at radius 2 is 2.25 bits per heavy atom. The van der Waals surface area contributed by atoms with Crippen molar-refractivity contribution in [2.45, 2.75) is 45.9 Å². The Morgan fingerprint density at radius 3 is 2.90 bits per heavy atom. The van der Waals surface area contributed by atoms with Crippen molar-refractivity contribution in [2.24, 2.45) is 0 Å². The molecule has 1 unspecified atom stereocenters. The number of furan rings is 1. The van der Waals surface area contributed by atoms with Gasteiger partial charge in [0, 0.05) is 30.7 Å². The van der Waals surface area contributed by atoms with Crippen LogP contribution in [0.3, 0.4) is 0 Å². The van der Waals surface area contributed by atoms with Crippen LogP contribution in [0.15, 0.2) is 16.7 Å². The van der Waals surface area contributed by atoms with Crippen LogP contribution in [0.4, 0.5) is 0 Å². The summed E-state index contributed by atoms with van der Waals surface area (Å²) in [4.78, 5) is 2.18. The zero-order valence-electron chi connectivity index (χ0n) is 12.4. The van der Waals surface area contributed by atoms with E-state index < -0.39 is 9.84 Å². The predicted octanol–water partition coefficient (Wildman–Crippen LogP) is 1.40. The van der Waals surface area contributed by atoms with Gasteiger partial charge in [0.25, 0.3) is 0 Å². The molecule has 0 radical (unpaired) electrons. The van der Waals surface area contributed by atoms with E-state index in [1.807, 2.05) is 13.0 Å². The van der Waals surface area contributed by atoms with Crippen molar-refractivity contribution in [3.05, 3.63) is 23.7 Å². The minimum atomic E-state index is -2.86. The van der Waals surface area contributed by atoms with Gasteiger partial charge in [0.05, 0.1) is 24.3 Å². The minimum Gasteiger partial charge on any atom is -0.468 e. The van der Waals surface area contributed by atoms with E-state index in [0.717, 1.165) is 17.9 Å². The summed E-state index contributed by atoms with van der Waals surface area (Å²) in [6.45, 7) is 8.23. The van der Waals surface area contributed by atoms with Gasteiger partial charge in [-0.25, -0.2) is 8.42 Å². The van der Waals surface area contributed by atoms with Crippen molar-refractivity contribution in [1.29, 1.82) is 0 Å². The number of rotatable bonds is 5. The SMILES string of the molecule is CC(C)NCc1ccoc1CN1CCS(=O)(=O)CC1C. The first-order valence-electron chi connectivity index (χ1n) is 7.10. The highest BCUT2D eigenvalue weighted by molar-refractivity contribution is 7.91. The van der Waals surface area contributed by atoms with E-state index in [2.05, 4.69) is 24.1 Å². The summed E-state index contributed by atoms with van der Waals surface area (Å²) < 4.78 is 28.8. The quantitative estimate of drug-likeness (QED) is 0.890. The fourth-order valence-corrected chi connectivity index (χ4v) is 4.05. The van der Waals surface area contributed by atoms with Crippen molar-refractivity contribution in [3.63, 3.8) is 0 Å². The van der Waals surface area contributed by atoms with Gasteiger partial charge < -0.3 is 9.73 Å². The molecule has 114 valence electrons. The van der Waals surface area contributed by atoms with Crippen LogP contribution in [-0.2, 0) is 22.9 Å². The molecule has 2 rings (SSSR count). The smallest absolute Gasteiger partial charge is 0.153 e. The summed E-state index contributed by atoms with van der Waals surface area (Å²) in [5.41, 5.74) is 1.15. The van der Waals surface area contributed by atoms with Crippen LogP contribution in [0, 0.1) is 0 Å². The van der Waals surface area contributed by atoms with E-state index in [9.17, 15) is 8.42 Å². The summed E-state index contributed by atoms with van der Waals surface area (Å²) in [5.74, 6) is 1.43. The Morgan fingerprint density at radius 1 is 1.50 bits per heavy atom. The molecule has 6 heteroatoms. The Kier molecular flexibility index (Phi) is 4.88. The van der Waals surface area contributed by atoms with Crippen molar-refractivity contribution < 1.29 is 12.8 Å². The fourth-order valence-electron chi connectivity index (χ4n) is 2.43. The van der Waals surface area contributed by atoms with Crippen LogP contribution in [0.5, 0.6) is 0 Å². The largest absolute Gasteiger partial charge is 0.468 e. The second kappa shape index (κ2) is 6.28. The van der Waals surface area contributed by atoms with Gasteiger partial charge in [-0.1, -0.05) is 13.8 Å². The molecule has 0 amide bonds.